The average molecular weight is 322 g/mol. The molecule has 0 saturated carbocycles. The molecule has 0 bridgehead atoms. The number of benzene rings is 1. The van der Waals surface area contributed by atoms with E-state index in [1.807, 2.05) is 38.1 Å². The summed E-state index contributed by atoms with van der Waals surface area (Å²) < 4.78 is 10.7. The fraction of sp³-hybridized carbons (Fsp3) is 0.611. The normalized spacial score (nSPS) is 11.5. The maximum atomic E-state index is 11.5. The molecule has 0 aliphatic rings. The van der Waals surface area contributed by atoms with Crippen LogP contribution in [0.15, 0.2) is 12.1 Å². The molecule has 0 atom stereocenters. The fourth-order valence-corrected chi connectivity index (χ4v) is 3.00. The lowest BCUT2D eigenvalue weighted by Crippen LogP contribution is -2.39. The lowest BCUT2D eigenvalue weighted by Gasteiger charge is -2.33. The van der Waals surface area contributed by atoms with E-state index in [0.717, 1.165) is 24.1 Å². The number of nitrogens with zero attached hydrogens (tertiary/aromatic N) is 2. The highest BCUT2D eigenvalue weighted by Gasteiger charge is 2.23. The Morgan fingerprint density at radius 1 is 1.09 bits per heavy atom. The summed E-state index contributed by atoms with van der Waals surface area (Å²) in [5.74, 6) is 1.39. The maximum absolute atomic E-state index is 11.5. The monoisotopic (exact) mass is 322 g/mol. The number of methoxy groups -OCH3 is 2. The molecule has 1 amide bonds. The Morgan fingerprint density at radius 3 is 2.13 bits per heavy atom. The van der Waals surface area contributed by atoms with Crippen LogP contribution in [0.4, 0.5) is 0 Å². The Bertz CT molecular complexity index is 527. The number of carbonyl (C=O) groups is 1. The Labute approximate surface area is 140 Å². The van der Waals surface area contributed by atoms with Gasteiger partial charge in [-0.15, -0.1) is 0 Å². The molecule has 0 aliphatic heterocycles. The van der Waals surface area contributed by atoms with Gasteiger partial charge in [0.15, 0.2) is 11.5 Å². The smallest absolute Gasteiger partial charge is 0.210 e. The second kappa shape index (κ2) is 8.20. The number of ether oxygens (including phenoxy) is 2. The topological polar surface area (TPSA) is 42.0 Å². The predicted molar refractivity (Wildman–Crippen MR) is 93.1 cm³/mol. The Balaban J connectivity index is 2.93. The van der Waals surface area contributed by atoms with Crippen LogP contribution in [0, 0.1) is 12.3 Å². The average Bonchev–Trinajstić information content (AvgIpc) is 2.46. The van der Waals surface area contributed by atoms with E-state index in [2.05, 4.69) is 18.7 Å². The summed E-state index contributed by atoms with van der Waals surface area (Å²) in [6.45, 7) is 8.54. The second-order valence-electron chi connectivity index (χ2n) is 7.05. The third kappa shape index (κ3) is 5.75. The van der Waals surface area contributed by atoms with E-state index >= 15 is 0 Å². The molecule has 0 saturated heterocycles. The molecular formula is C18H30N2O3. The molecule has 1 aromatic rings. The highest BCUT2D eigenvalue weighted by Crippen LogP contribution is 2.31. The van der Waals surface area contributed by atoms with Crippen LogP contribution in [0.5, 0.6) is 11.5 Å². The quantitative estimate of drug-likeness (QED) is 0.655. The highest BCUT2D eigenvalue weighted by atomic mass is 16.5. The number of rotatable bonds is 9. The van der Waals surface area contributed by atoms with Gasteiger partial charge in [-0.1, -0.05) is 13.8 Å². The molecule has 23 heavy (non-hydrogen) atoms. The molecule has 130 valence electrons. The van der Waals surface area contributed by atoms with Gasteiger partial charge in [0.2, 0.25) is 6.41 Å². The van der Waals surface area contributed by atoms with Gasteiger partial charge >= 0.3 is 0 Å². The Hall–Kier alpha value is -1.75. The molecule has 1 aromatic carbocycles. The van der Waals surface area contributed by atoms with Crippen LogP contribution in [-0.2, 0) is 11.3 Å². The van der Waals surface area contributed by atoms with E-state index < -0.39 is 0 Å². The first kappa shape index (κ1) is 19.3. The molecule has 5 heteroatoms. The third-order valence-corrected chi connectivity index (χ3v) is 3.74. The van der Waals surface area contributed by atoms with Gasteiger partial charge in [-0.05, 0) is 49.7 Å². The van der Waals surface area contributed by atoms with Crippen molar-refractivity contribution >= 4 is 6.41 Å². The van der Waals surface area contributed by atoms with Crippen molar-refractivity contribution in [1.29, 1.82) is 0 Å². The van der Waals surface area contributed by atoms with Crippen LogP contribution in [0.25, 0.3) is 0 Å². The third-order valence-electron chi connectivity index (χ3n) is 3.74. The molecule has 0 aromatic heterocycles. The van der Waals surface area contributed by atoms with Crippen LogP contribution >= 0.6 is 0 Å². The second-order valence-corrected chi connectivity index (χ2v) is 7.05. The molecular weight excluding hydrogens is 292 g/mol. The number of amides is 1. The maximum Gasteiger partial charge on any atom is 0.210 e. The summed E-state index contributed by atoms with van der Waals surface area (Å²) in [5.41, 5.74) is 2.17. The molecule has 0 heterocycles. The van der Waals surface area contributed by atoms with Crippen molar-refractivity contribution in [3.05, 3.63) is 23.3 Å². The van der Waals surface area contributed by atoms with Crippen LogP contribution in [0.2, 0.25) is 0 Å². The summed E-state index contributed by atoms with van der Waals surface area (Å²) in [6, 6.07) is 3.89. The zero-order valence-corrected chi connectivity index (χ0v) is 15.5. The molecule has 0 aliphatic carbocycles. The van der Waals surface area contributed by atoms with Crippen molar-refractivity contribution < 1.29 is 14.3 Å². The van der Waals surface area contributed by atoms with Crippen LogP contribution in [-0.4, -0.2) is 57.6 Å². The van der Waals surface area contributed by atoms with Crippen molar-refractivity contribution in [2.24, 2.45) is 5.41 Å². The summed E-state index contributed by atoms with van der Waals surface area (Å²) in [6.07, 6.45) is 0.924. The number of hydrogen-bond donors (Lipinski definition) is 0. The lowest BCUT2D eigenvalue weighted by molar-refractivity contribution is -0.120. The van der Waals surface area contributed by atoms with Gasteiger partial charge in [-0.3, -0.25) is 4.79 Å². The minimum atomic E-state index is 0.0227. The molecule has 0 unspecified atom stereocenters. The van der Waals surface area contributed by atoms with Crippen molar-refractivity contribution in [2.45, 2.75) is 27.3 Å². The molecule has 0 radical (unpaired) electrons. The van der Waals surface area contributed by atoms with E-state index in [4.69, 9.17) is 9.47 Å². The standard InChI is InChI=1S/C18H30N2O3/c1-14-8-16(22-6)17(23-7)9-15(14)10-20(13-21)12-18(2,3)11-19(4)5/h8-9,13H,10-12H2,1-7H3. The minimum Gasteiger partial charge on any atom is -0.493 e. The fourth-order valence-electron chi connectivity index (χ4n) is 3.00. The summed E-state index contributed by atoms with van der Waals surface area (Å²) in [5, 5.41) is 0. The zero-order valence-electron chi connectivity index (χ0n) is 15.5. The van der Waals surface area contributed by atoms with Gasteiger partial charge in [0.05, 0.1) is 14.2 Å². The van der Waals surface area contributed by atoms with Crippen LogP contribution in [0.1, 0.15) is 25.0 Å². The largest absolute Gasteiger partial charge is 0.493 e. The highest BCUT2D eigenvalue weighted by molar-refractivity contribution is 5.50. The summed E-state index contributed by atoms with van der Waals surface area (Å²) in [4.78, 5) is 15.5. The van der Waals surface area contributed by atoms with Gasteiger partial charge in [0.25, 0.3) is 0 Å². The SMILES string of the molecule is COc1cc(C)c(CN(C=O)CC(C)(C)CN(C)C)cc1OC. The van der Waals surface area contributed by atoms with Gasteiger partial charge in [0.1, 0.15) is 0 Å². The van der Waals surface area contributed by atoms with E-state index in [1.165, 1.54) is 0 Å². The van der Waals surface area contributed by atoms with Gasteiger partial charge in [-0.2, -0.15) is 0 Å². The molecule has 5 nitrogen and oxygen atoms in total. The first-order valence-electron chi connectivity index (χ1n) is 7.78. The molecule has 0 fully saturated rings. The first-order chi connectivity index (χ1) is 10.7. The number of carbonyl (C=O) groups excluding carboxylic acids is 1. The summed E-state index contributed by atoms with van der Waals surface area (Å²) in [7, 11) is 7.34. The van der Waals surface area contributed by atoms with E-state index in [1.54, 1.807) is 14.2 Å². The number of aryl methyl sites for hydroxylation is 1. The van der Waals surface area contributed by atoms with Crippen LogP contribution < -0.4 is 9.47 Å². The zero-order chi connectivity index (χ0) is 17.6. The Kier molecular flexibility index (Phi) is 6.88. The van der Waals surface area contributed by atoms with Crippen LogP contribution in [0.3, 0.4) is 0 Å². The summed E-state index contributed by atoms with van der Waals surface area (Å²) >= 11 is 0. The predicted octanol–water partition coefficient (Wildman–Crippen LogP) is 2.56. The van der Waals surface area contributed by atoms with E-state index in [-0.39, 0.29) is 5.41 Å². The van der Waals surface area contributed by atoms with Crippen molar-refractivity contribution in [2.75, 3.05) is 41.4 Å². The van der Waals surface area contributed by atoms with Gasteiger partial charge in [0, 0.05) is 19.6 Å². The van der Waals surface area contributed by atoms with Crippen molar-refractivity contribution in [3.63, 3.8) is 0 Å². The van der Waals surface area contributed by atoms with Crippen molar-refractivity contribution in [3.8, 4) is 11.5 Å². The minimum absolute atomic E-state index is 0.0227. The molecule has 0 spiro atoms. The van der Waals surface area contributed by atoms with Gasteiger partial charge in [-0.25, -0.2) is 0 Å². The Morgan fingerprint density at radius 2 is 1.65 bits per heavy atom. The molecule has 0 N–H and O–H groups in total. The number of hydrogen-bond acceptors (Lipinski definition) is 4. The first-order valence-corrected chi connectivity index (χ1v) is 7.78. The van der Waals surface area contributed by atoms with Gasteiger partial charge < -0.3 is 19.3 Å². The van der Waals surface area contributed by atoms with E-state index in [9.17, 15) is 4.79 Å². The van der Waals surface area contributed by atoms with Crippen molar-refractivity contribution in [1.82, 2.24) is 9.80 Å². The van der Waals surface area contributed by atoms with E-state index in [0.29, 0.717) is 24.6 Å². The molecule has 1 rings (SSSR count). The lowest BCUT2D eigenvalue weighted by atomic mass is 9.92.